The zero-order valence-electron chi connectivity index (χ0n) is 13.9. The molecule has 0 aromatic heterocycles. The van der Waals surface area contributed by atoms with E-state index in [0.717, 1.165) is 24.3 Å². The lowest BCUT2D eigenvalue weighted by atomic mass is 10.2. The SMILES string of the molecule is Cc1ccc(OC(=O)C(=O)Oc2ccc([N+](=O)[O-])cc2[N+](=O)[O-])c([N+](=O)[O-])c1. The molecule has 0 bridgehead atoms. The van der Waals surface area contributed by atoms with Gasteiger partial charge in [-0.05, 0) is 24.6 Å². The van der Waals surface area contributed by atoms with Gasteiger partial charge in [-0.15, -0.1) is 0 Å². The van der Waals surface area contributed by atoms with Gasteiger partial charge >= 0.3 is 23.3 Å². The minimum Gasteiger partial charge on any atom is -0.411 e. The van der Waals surface area contributed by atoms with Crippen LogP contribution < -0.4 is 9.47 Å². The highest BCUT2D eigenvalue weighted by molar-refractivity contribution is 6.31. The van der Waals surface area contributed by atoms with Crippen LogP contribution in [0.25, 0.3) is 0 Å². The molecule has 28 heavy (non-hydrogen) atoms. The van der Waals surface area contributed by atoms with Crippen molar-refractivity contribution >= 4 is 29.0 Å². The minimum absolute atomic E-state index is 0.496. The number of nitrogens with zero attached hydrogens (tertiary/aromatic N) is 3. The summed E-state index contributed by atoms with van der Waals surface area (Å²) in [4.78, 5) is 53.5. The second-order valence-corrected chi connectivity index (χ2v) is 5.17. The predicted molar refractivity (Wildman–Crippen MR) is 88.9 cm³/mol. The van der Waals surface area contributed by atoms with Crippen molar-refractivity contribution in [1.82, 2.24) is 0 Å². The van der Waals surface area contributed by atoms with Gasteiger partial charge < -0.3 is 9.47 Å². The fraction of sp³-hybridized carbons (Fsp3) is 0.0667. The summed E-state index contributed by atoms with van der Waals surface area (Å²) >= 11 is 0. The van der Waals surface area contributed by atoms with Gasteiger partial charge in [0.1, 0.15) is 0 Å². The van der Waals surface area contributed by atoms with Gasteiger partial charge in [0.15, 0.2) is 0 Å². The molecule has 0 saturated carbocycles. The van der Waals surface area contributed by atoms with E-state index in [0.29, 0.717) is 11.6 Å². The first-order valence-corrected chi connectivity index (χ1v) is 7.22. The molecule has 0 fully saturated rings. The fourth-order valence-electron chi connectivity index (χ4n) is 1.99. The summed E-state index contributed by atoms with van der Waals surface area (Å²) in [6, 6.07) is 5.71. The first-order chi connectivity index (χ1) is 13.1. The molecule has 0 unspecified atom stereocenters. The maximum atomic E-state index is 11.8. The minimum atomic E-state index is -1.72. The first-order valence-electron chi connectivity index (χ1n) is 7.22. The molecule has 0 aliphatic heterocycles. The molecule has 0 atom stereocenters. The van der Waals surface area contributed by atoms with Crippen molar-refractivity contribution in [2.24, 2.45) is 0 Å². The zero-order chi connectivity index (χ0) is 21.0. The Morgan fingerprint density at radius 3 is 1.68 bits per heavy atom. The van der Waals surface area contributed by atoms with Crippen molar-refractivity contribution in [2.75, 3.05) is 0 Å². The van der Waals surface area contributed by atoms with Crippen molar-refractivity contribution in [3.63, 3.8) is 0 Å². The van der Waals surface area contributed by atoms with E-state index in [1.54, 1.807) is 6.92 Å². The van der Waals surface area contributed by atoms with Gasteiger partial charge in [0.25, 0.3) is 5.69 Å². The Balaban J connectivity index is 2.24. The van der Waals surface area contributed by atoms with Crippen LogP contribution in [0.1, 0.15) is 5.56 Å². The van der Waals surface area contributed by atoms with E-state index in [1.807, 2.05) is 0 Å². The van der Waals surface area contributed by atoms with Gasteiger partial charge in [-0.2, -0.15) is 0 Å². The van der Waals surface area contributed by atoms with Crippen LogP contribution >= 0.6 is 0 Å². The third-order valence-corrected chi connectivity index (χ3v) is 3.23. The van der Waals surface area contributed by atoms with Crippen molar-refractivity contribution in [2.45, 2.75) is 6.92 Å². The van der Waals surface area contributed by atoms with Crippen LogP contribution in [0.2, 0.25) is 0 Å². The highest BCUT2D eigenvalue weighted by Crippen LogP contribution is 2.32. The summed E-state index contributed by atoms with van der Waals surface area (Å²) in [5.41, 5.74) is -1.65. The van der Waals surface area contributed by atoms with E-state index in [2.05, 4.69) is 9.47 Å². The molecule has 0 aliphatic carbocycles. The molecular formula is C15H9N3O10. The quantitative estimate of drug-likeness (QED) is 0.241. The van der Waals surface area contributed by atoms with Crippen molar-refractivity contribution in [1.29, 1.82) is 0 Å². The molecule has 13 heteroatoms. The molecule has 0 N–H and O–H groups in total. The number of carbonyl (C=O) groups excluding carboxylic acids is 2. The second kappa shape index (κ2) is 7.86. The Labute approximate surface area is 154 Å². The zero-order valence-corrected chi connectivity index (χ0v) is 13.9. The number of ether oxygens (including phenoxy) is 2. The van der Waals surface area contributed by atoms with Crippen LogP contribution in [0.4, 0.5) is 17.1 Å². The largest absolute Gasteiger partial charge is 0.423 e. The molecule has 0 heterocycles. The number of esters is 2. The van der Waals surface area contributed by atoms with Crippen LogP contribution in [-0.4, -0.2) is 26.7 Å². The predicted octanol–water partition coefficient (Wildman–Crippen LogP) is 2.23. The van der Waals surface area contributed by atoms with Crippen molar-refractivity contribution < 1.29 is 33.8 Å². The van der Waals surface area contributed by atoms with Crippen LogP contribution in [0.3, 0.4) is 0 Å². The highest BCUT2D eigenvalue weighted by Gasteiger charge is 2.28. The van der Waals surface area contributed by atoms with Crippen molar-refractivity contribution in [3.05, 3.63) is 72.3 Å². The maximum Gasteiger partial charge on any atom is 0.423 e. The molecule has 2 aromatic rings. The monoisotopic (exact) mass is 391 g/mol. The van der Waals surface area contributed by atoms with Gasteiger partial charge in [-0.1, -0.05) is 6.07 Å². The molecule has 0 saturated heterocycles. The average molecular weight is 391 g/mol. The summed E-state index contributed by atoms with van der Waals surface area (Å²) in [5.74, 6) is -4.67. The molecule has 13 nitrogen and oxygen atoms in total. The van der Waals surface area contributed by atoms with Crippen LogP contribution in [0, 0.1) is 37.3 Å². The summed E-state index contributed by atoms with van der Waals surface area (Å²) < 4.78 is 9.18. The molecule has 0 radical (unpaired) electrons. The highest BCUT2D eigenvalue weighted by atomic mass is 16.6. The van der Waals surface area contributed by atoms with Crippen LogP contribution in [0.15, 0.2) is 36.4 Å². The normalized spacial score (nSPS) is 10.0. The smallest absolute Gasteiger partial charge is 0.411 e. The lowest BCUT2D eigenvalue weighted by molar-refractivity contribution is -0.394. The van der Waals surface area contributed by atoms with E-state index < -0.39 is 55.3 Å². The third kappa shape index (κ3) is 4.40. The summed E-state index contributed by atoms with van der Waals surface area (Å²) in [5, 5.41) is 32.7. The number of hydrogen-bond acceptors (Lipinski definition) is 10. The maximum absolute atomic E-state index is 11.8. The number of rotatable bonds is 5. The summed E-state index contributed by atoms with van der Waals surface area (Å²) in [7, 11) is 0. The number of aryl methyl sites for hydroxylation is 1. The van der Waals surface area contributed by atoms with E-state index in [9.17, 15) is 39.9 Å². The number of non-ortho nitro benzene ring substituents is 1. The van der Waals surface area contributed by atoms with E-state index in [4.69, 9.17) is 0 Å². The number of carbonyl (C=O) groups is 2. The van der Waals surface area contributed by atoms with Gasteiger partial charge in [-0.25, -0.2) is 9.59 Å². The topological polar surface area (TPSA) is 182 Å². The number of hydrogen-bond donors (Lipinski definition) is 0. The van der Waals surface area contributed by atoms with E-state index >= 15 is 0 Å². The number of nitro benzene ring substituents is 3. The molecular weight excluding hydrogens is 382 g/mol. The lowest BCUT2D eigenvalue weighted by Gasteiger charge is -2.06. The lowest BCUT2D eigenvalue weighted by Crippen LogP contribution is -2.26. The standard InChI is InChI=1S/C15H9N3O10/c1-8-2-4-12(10(6-8)17(23)24)27-14(19)15(20)28-13-5-3-9(16(21)22)7-11(13)18(25)26/h2-7H,1H3. The Bertz CT molecular complexity index is 1020. The Hall–Kier alpha value is -4.42. The average Bonchev–Trinajstić information content (AvgIpc) is 2.62. The van der Waals surface area contributed by atoms with Crippen LogP contribution in [0.5, 0.6) is 11.5 Å². The van der Waals surface area contributed by atoms with Crippen molar-refractivity contribution in [3.8, 4) is 11.5 Å². The molecule has 0 aliphatic rings. The van der Waals surface area contributed by atoms with Gasteiger partial charge in [0, 0.05) is 12.1 Å². The van der Waals surface area contributed by atoms with Gasteiger partial charge in [-0.3, -0.25) is 30.3 Å². The van der Waals surface area contributed by atoms with Gasteiger partial charge in [0.2, 0.25) is 11.5 Å². The molecule has 2 rings (SSSR count). The second-order valence-electron chi connectivity index (χ2n) is 5.17. The number of nitro groups is 3. The molecule has 144 valence electrons. The first kappa shape index (κ1) is 19.9. The number of benzene rings is 2. The summed E-state index contributed by atoms with van der Waals surface area (Å²) in [6.45, 7) is 1.56. The van der Waals surface area contributed by atoms with Crippen LogP contribution in [-0.2, 0) is 9.59 Å². The molecule has 2 aromatic carbocycles. The Morgan fingerprint density at radius 1 is 0.750 bits per heavy atom. The third-order valence-electron chi connectivity index (χ3n) is 3.23. The Morgan fingerprint density at radius 2 is 1.21 bits per heavy atom. The molecule has 0 spiro atoms. The van der Waals surface area contributed by atoms with E-state index in [1.165, 1.54) is 6.07 Å². The van der Waals surface area contributed by atoms with Gasteiger partial charge in [0.05, 0.1) is 20.8 Å². The van der Waals surface area contributed by atoms with E-state index in [-0.39, 0.29) is 0 Å². The molecule has 0 amide bonds. The Kier molecular flexibility index (Phi) is 5.58. The summed E-state index contributed by atoms with van der Waals surface area (Å²) in [6.07, 6.45) is 0. The fourth-order valence-corrected chi connectivity index (χ4v) is 1.99.